The summed E-state index contributed by atoms with van der Waals surface area (Å²) >= 11 is 0. The first kappa shape index (κ1) is 15.3. The summed E-state index contributed by atoms with van der Waals surface area (Å²) in [5.74, 6) is -0.745. The Kier molecular flexibility index (Phi) is 4.82. The maximum atomic E-state index is 12.0. The van der Waals surface area contributed by atoms with E-state index in [4.69, 9.17) is 0 Å². The summed E-state index contributed by atoms with van der Waals surface area (Å²) in [5.41, 5.74) is -0.659. The van der Waals surface area contributed by atoms with Gasteiger partial charge in [-0.3, -0.25) is 4.79 Å². The Hall–Kier alpha value is -2.05. The van der Waals surface area contributed by atoms with E-state index in [0.717, 1.165) is 0 Å². The highest BCUT2D eigenvalue weighted by Crippen LogP contribution is 2.35. The van der Waals surface area contributed by atoms with Crippen LogP contribution >= 0.6 is 0 Å². The molecule has 0 atom stereocenters. The van der Waals surface area contributed by atoms with Gasteiger partial charge in [-0.1, -0.05) is 6.92 Å². The molecule has 2 heterocycles. The van der Waals surface area contributed by atoms with Crippen LogP contribution in [0.3, 0.4) is 0 Å². The number of rotatable bonds is 5. The van der Waals surface area contributed by atoms with E-state index in [0.29, 0.717) is 45.4 Å². The lowest BCUT2D eigenvalue weighted by Gasteiger charge is -2.38. The van der Waals surface area contributed by atoms with Gasteiger partial charge in [0.05, 0.1) is 11.7 Å². The number of hydrogen-bond acceptors (Lipinski definition) is 3. The molecule has 0 unspecified atom stereocenters. The maximum Gasteiger partial charge on any atom is 0.317 e. The van der Waals surface area contributed by atoms with Crippen LogP contribution in [0.1, 0.15) is 26.2 Å². The minimum atomic E-state index is -0.745. The Morgan fingerprint density at radius 1 is 1.38 bits per heavy atom. The van der Waals surface area contributed by atoms with Gasteiger partial charge in [-0.05, 0) is 19.3 Å². The first-order chi connectivity index (χ1) is 10.1. The second-order valence-electron chi connectivity index (χ2n) is 5.46. The van der Waals surface area contributed by atoms with Gasteiger partial charge in [-0.2, -0.15) is 0 Å². The molecule has 7 nitrogen and oxygen atoms in total. The van der Waals surface area contributed by atoms with Crippen LogP contribution in [0.25, 0.3) is 0 Å². The molecule has 21 heavy (non-hydrogen) atoms. The Morgan fingerprint density at radius 2 is 2.10 bits per heavy atom. The first-order valence-electron chi connectivity index (χ1n) is 7.29. The largest absolute Gasteiger partial charge is 0.481 e. The molecule has 0 aliphatic carbocycles. The summed E-state index contributed by atoms with van der Waals surface area (Å²) in [5, 5.41) is 12.2. The molecule has 0 bridgehead atoms. The lowest BCUT2D eigenvalue weighted by molar-refractivity contribution is -0.151. The highest BCUT2D eigenvalue weighted by Gasteiger charge is 2.40. The van der Waals surface area contributed by atoms with Gasteiger partial charge in [0.2, 0.25) is 0 Å². The lowest BCUT2D eigenvalue weighted by Crippen LogP contribution is -2.49. The van der Waals surface area contributed by atoms with Crippen molar-refractivity contribution in [1.82, 2.24) is 19.8 Å². The molecule has 2 amide bonds. The smallest absolute Gasteiger partial charge is 0.317 e. The first-order valence-corrected chi connectivity index (χ1v) is 7.29. The van der Waals surface area contributed by atoms with E-state index in [2.05, 4.69) is 10.3 Å². The van der Waals surface area contributed by atoms with Crippen LogP contribution in [-0.4, -0.2) is 51.2 Å². The number of likely N-dealkylation sites (tertiary alicyclic amines) is 1. The third-order valence-corrected chi connectivity index (χ3v) is 4.34. The SMILES string of the molecule is CCC1(C(=O)O)CCN(C(=O)NCCn2ccnc2)CC1. The van der Waals surface area contributed by atoms with Crippen LogP contribution in [0.2, 0.25) is 0 Å². The molecule has 7 heteroatoms. The van der Waals surface area contributed by atoms with Crippen LogP contribution in [0.15, 0.2) is 18.7 Å². The number of nitrogens with one attached hydrogen (secondary N) is 1. The summed E-state index contributed by atoms with van der Waals surface area (Å²) in [4.78, 5) is 29.0. The molecule has 1 aromatic heterocycles. The third kappa shape index (κ3) is 3.53. The minimum absolute atomic E-state index is 0.120. The summed E-state index contributed by atoms with van der Waals surface area (Å²) in [6, 6.07) is -0.120. The Balaban J connectivity index is 1.76. The Morgan fingerprint density at radius 3 is 2.62 bits per heavy atom. The fraction of sp³-hybridized carbons (Fsp3) is 0.643. The molecule has 1 aliphatic rings. The van der Waals surface area contributed by atoms with Crippen molar-refractivity contribution >= 4 is 12.0 Å². The monoisotopic (exact) mass is 294 g/mol. The van der Waals surface area contributed by atoms with E-state index in [9.17, 15) is 14.7 Å². The van der Waals surface area contributed by atoms with E-state index < -0.39 is 11.4 Å². The highest BCUT2D eigenvalue weighted by molar-refractivity contribution is 5.77. The molecule has 1 saturated heterocycles. The minimum Gasteiger partial charge on any atom is -0.481 e. The van der Waals surface area contributed by atoms with Crippen molar-refractivity contribution in [3.05, 3.63) is 18.7 Å². The number of carboxylic acids is 1. The summed E-state index contributed by atoms with van der Waals surface area (Å²) < 4.78 is 1.89. The molecule has 0 radical (unpaired) electrons. The second-order valence-corrected chi connectivity index (χ2v) is 5.46. The highest BCUT2D eigenvalue weighted by atomic mass is 16.4. The number of hydrogen-bond donors (Lipinski definition) is 2. The molecule has 1 fully saturated rings. The van der Waals surface area contributed by atoms with E-state index in [1.54, 1.807) is 17.4 Å². The molecule has 0 spiro atoms. The Bertz CT molecular complexity index is 478. The number of imidazole rings is 1. The fourth-order valence-electron chi connectivity index (χ4n) is 2.68. The van der Waals surface area contributed by atoms with Gasteiger partial charge in [-0.15, -0.1) is 0 Å². The van der Waals surface area contributed by atoms with E-state index in [1.165, 1.54) is 0 Å². The number of carboxylic acid groups (broad SMARTS) is 1. The number of amides is 2. The zero-order valence-corrected chi connectivity index (χ0v) is 12.3. The molecule has 1 aromatic rings. The summed E-state index contributed by atoms with van der Waals surface area (Å²) in [6.45, 7) is 4.10. The molecular weight excluding hydrogens is 272 g/mol. The van der Waals surface area contributed by atoms with Crippen molar-refractivity contribution in [2.45, 2.75) is 32.7 Å². The molecule has 2 N–H and O–H groups in total. The van der Waals surface area contributed by atoms with Crippen LogP contribution in [0.5, 0.6) is 0 Å². The molecule has 0 saturated carbocycles. The average molecular weight is 294 g/mol. The fourth-order valence-corrected chi connectivity index (χ4v) is 2.68. The van der Waals surface area contributed by atoms with Crippen molar-refractivity contribution in [2.75, 3.05) is 19.6 Å². The standard InChI is InChI=1S/C14H22N4O3/c1-2-14(12(19)20)3-7-18(8-4-14)13(21)16-6-10-17-9-5-15-11-17/h5,9,11H,2-4,6-8,10H2,1H3,(H,16,21)(H,19,20). The molecule has 2 rings (SSSR count). The number of piperidine rings is 1. The van der Waals surface area contributed by atoms with E-state index >= 15 is 0 Å². The van der Waals surface area contributed by atoms with Crippen LogP contribution < -0.4 is 5.32 Å². The zero-order chi connectivity index (χ0) is 15.3. The number of aliphatic carboxylic acids is 1. The van der Waals surface area contributed by atoms with Crippen molar-refractivity contribution < 1.29 is 14.7 Å². The van der Waals surface area contributed by atoms with Crippen LogP contribution in [0, 0.1) is 5.41 Å². The topological polar surface area (TPSA) is 87.5 Å². The predicted octanol–water partition coefficient (Wildman–Crippen LogP) is 1.17. The van der Waals surface area contributed by atoms with Gasteiger partial charge in [0, 0.05) is 38.6 Å². The van der Waals surface area contributed by atoms with Crippen molar-refractivity contribution in [3.63, 3.8) is 0 Å². The van der Waals surface area contributed by atoms with Gasteiger partial charge in [0.15, 0.2) is 0 Å². The number of carbonyl (C=O) groups excluding carboxylic acids is 1. The number of aromatic nitrogens is 2. The normalized spacial score (nSPS) is 17.5. The van der Waals surface area contributed by atoms with Gasteiger partial charge in [-0.25, -0.2) is 9.78 Å². The Labute approximate surface area is 124 Å². The summed E-state index contributed by atoms with van der Waals surface area (Å²) in [6.07, 6.45) is 6.90. The van der Waals surface area contributed by atoms with Gasteiger partial charge in [0.25, 0.3) is 0 Å². The maximum absolute atomic E-state index is 12.0. The van der Waals surface area contributed by atoms with Gasteiger partial charge in [0.1, 0.15) is 0 Å². The van der Waals surface area contributed by atoms with E-state index in [1.807, 2.05) is 17.7 Å². The summed E-state index contributed by atoms with van der Waals surface area (Å²) in [7, 11) is 0. The number of carbonyl (C=O) groups is 2. The van der Waals surface area contributed by atoms with Crippen molar-refractivity contribution in [3.8, 4) is 0 Å². The lowest BCUT2D eigenvalue weighted by atomic mass is 9.76. The quantitative estimate of drug-likeness (QED) is 0.853. The molecule has 0 aromatic carbocycles. The van der Waals surface area contributed by atoms with Crippen LogP contribution in [0.4, 0.5) is 4.79 Å². The average Bonchev–Trinajstić information content (AvgIpc) is 3.00. The third-order valence-electron chi connectivity index (χ3n) is 4.34. The zero-order valence-electron chi connectivity index (χ0n) is 12.3. The number of nitrogens with zero attached hydrogens (tertiary/aromatic N) is 3. The number of urea groups is 1. The van der Waals surface area contributed by atoms with Gasteiger partial charge >= 0.3 is 12.0 Å². The second kappa shape index (κ2) is 6.60. The molecule has 116 valence electrons. The predicted molar refractivity (Wildman–Crippen MR) is 76.8 cm³/mol. The van der Waals surface area contributed by atoms with Crippen molar-refractivity contribution in [2.24, 2.45) is 5.41 Å². The van der Waals surface area contributed by atoms with Gasteiger partial charge < -0.3 is 19.9 Å². The van der Waals surface area contributed by atoms with E-state index in [-0.39, 0.29) is 6.03 Å². The molecular formula is C14H22N4O3. The van der Waals surface area contributed by atoms with Crippen molar-refractivity contribution in [1.29, 1.82) is 0 Å². The van der Waals surface area contributed by atoms with Crippen LogP contribution in [-0.2, 0) is 11.3 Å². The molecule has 1 aliphatic heterocycles.